The van der Waals surface area contributed by atoms with Crippen molar-refractivity contribution in [3.05, 3.63) is 41.8 Å². The molecule has 9 heteroatoms. The van der Waals surface area contributed by atoms with Crippen molar-refractivity contribution >= 4 is 49.7 Å². The van der Waals surface area contributed by atoms with Crippen molar-refractivity contribution in [1.82, 2.24) is 14.9 Å². The van der Waals surface area contributed by atoms with Crippen LogP contribution in [0.25, 0.3) is 21.6 Å². The third kappa shape index (κ3) is 4.68. The lowest BCUT2D eigenvalue weighted by Gasteiger charge is -2.27. The summed E-state index contributed by atoms with van der Waals surface area (Å²) in [6.45, 7) is 2.58. The van der Waals surface area contributed by atoms with E-state index in [-0.39, 0.29) is 29.2 Å². The average molecular weight is 462 g/mol. The summed E-state index contributed by atoms with van der Waals surface area (Å²) in [6.07, 6.45) is 1.32. The van der Waals surface area contributed by atoms with Gasteiger partial charge in [-0.05, 0) is 30.4 Å². The van der Waals surface area contributed by atoms with Gasteiger partial charge in [-0.25, -0.2) is 18.4 Å². The minimum absolute atomic E-state index is 0.0377. The summed E-state index contributed by atoms with van der Waals surface area (Å²) in [5.74, 6) is 1.08. The number of carbonyl (C=O) groups excluding carboxylic acids is 1. The molecule has 2 aromatic heterocycles. The van der Waals surface area contributed by atoms with E-state index < -0.39 is 9.84 Å². The van der Waals surface area contributed by atoms with Gasteiger partial charge in [-0.3, -0.25) is 4.79 Å². The molecule has 1 atom stereocenters. The molecular weight excluding hydrogens is 438 g/mol. The Morgan fingerprint density at radius 2 is 2.07 bits per heavy atom. The fourth-order valence-electron chi connectivity index (χ4n) is 3.66. The predicted octanol–water partition coefficient (Wildman–Crippen LogP) is 3.88. The number of thioether (sulfide) groups is 1. The first-order chi connectivity index (χ1) is 14.5. The normalized spacial score (nSPS) is 18.0. The van der Waals surface area contributed by atoms with Crippen molar-refractivity contribution in [1.29, 1.82) is 0 Å². The molecule has 1 saturated heterocycles. The maximum Gasteiger partial charge on any atom is 0.233 e. The lowest BCUT2D eigenvalue weighted by Crippen LogP contribution is -2.42. The highest BCUT2D eigenvalue weighted by Crippen LogP contribution is 2.30. The van der Waals surface area contributed by atoms with Gasteiger partial charge in [0.05, 0.1) is 27.7 Å². The van der Waals surface area contributed by atoms with E-state index in [0.29, 0.717) is 18.8 Å². The number of hydrogen-bond donors (Lipinski definition) is 0. The molecule has 1 fully saturated rings. The van der Waals surface area contributed by atoms with E-state index in [2.05, 4.69) is 4.98 Å². The molecule has 0 unspecified atom stereocenters. The molecule has 1 aromatic carbocycles. The highest BCUT2D eigenvalue weighted by molar-refractivity contribution is 8.00. The first-order valence-corrected chi connectivity index (χ1v) is 13.6. The molecule has 0 aliphatic carbocycles. The Balaban J connectivity index is 1.57. The Kier molecular flexibility index (Phi) is 6.40. The molecule has 30 heavy (non-hydrogen) atoms. The maximum absolute atomic E-state index is 13.0. The molecule has 3 aromatic rings. The Hall–Kier alpha value is -1.97. The van der Waals surface area contributed by atoms with Gasteiger partial charge in [0.15, 0.2) is 15.7 Å². The number of aromatic nitrogens is 2. The molecule has 0 bridgehead atoms. The van der Waals surface area contributed by atoms with Crippen LogP contribution in [0.5, 0.6) is 0 Å². The van der Waals surface area contributed by atoms with Gasteiger partial charge in [-0.15, -0.1) is 11.3 Å². The van der Waals surface area contributed by atoms with E-state index in [4.69, 9.17) is 4.98 Å². The maximum atomic E-state index is 13.0. The molecular formula is C21H23N3O3S3. The van der Waals surface area contributed by atoms with Crippen molar-refractivity contribution in [3.63, 3.8) is 0 Å². The Bertz CT molecular complexity index is 1150. The Labute approximate surface area is 184 Å². The van der Waals surface area contributed by atoms with Gasteiger partial charge in [-0.2, -0.15) is 0 Å². The SMILES string of the molecule is CCCN(C(=O)CSc1nc(-c2cccs2)nc2ccccc12)[C@H]1CCS(=O)(=O)C1. The predicted molar refractivity (Wildman–Crippen MR) is 123 cm³/mol. The van der Waals surface area contributed by atoms with Crippen LogP contribution in [0.3, 0.4) is 0 Å². The second-order valence-electron chi connectivity index (χ2n) is 7.28. The van der Waals surface area contributed by atoms with E-state index in [0.717, 1.165) is 27.2 Å². The van der Waals surface area contributed by atoms with Crippen LogP contribution in [0.4, 0.5) is 0 Å². The van der Waals surface area contributed by atoms with Crippen LogP contribution >= 0.6 is 23.1 Å². The summed E-state index contributed by atoms with van der Waals surface area (Å²) in [7, 11) is -3.04. The van der Waals surface area contributed by atoms with Crippen molar-refractivity contribution in [2.24, 2.45) is 0 Å². The number of amides is 1. The van der Waals surface area contributed by atoms with Gasteiger partial charge < -0.3 is 4.90 Å². The molecule has 158 valence electrons. The molecule has 0 saturated carbocycles. The summed E-state index contributed by atoms with van der Waals surface area (Å²) in [5, 5.41) is 3.68. The fourth-order valence-corrected chi connectivity index (χ4v) is 6.95. The van der Waals surface area contributed by atoms with Crippen LogP contribution in [0, 0.1) is 0 Å². The third-order valence-electron chi connectivity index (χ3n) is 5.08. The van der Waals surface area contributed by atoms with Crippen LogP contribution < -0.4 is 0 Å². The van der Waals surface area contributed by atoms with E-state index in [1.807, 2.05) is 48.7 Å². The Morgan fingerprint density at radius 1 is 1.23 bits per heavy atom. The third-order valence-corrected chi connectivity index (χ3v) is 8.67. The van der Waals surface area contributed by atoms with Gasteiger partial charge in [0, 0.05) is 18.0 Å². The molecule has 1 aliphatic heterocycles. The highest BCUT2D eigenvalue weighted by Gasteiger charge is 2.34. The molecule has 0 N–H and O–H groups in total. The average Bonchev–Trinajstić information content (AvgIpc) is 3.39. The van der Waals surface area contributed by atoms with Gasteiger partial charge >= 0.3 is 0 Å². The van der Waals surface area contributed by atoms with Crippen molar-refractivity contribution < 1.29 is 13.2 Å². The highest BCUT2D eigenvalue weighted by atomic mass is 32.2. The zero-order valence-electron chi connectivity index (χ0n) is 16.7. The molecule has 4 rings (SSSR count). The van der Waals surface area contributed by atoms with Crippen LogP contribution in [0.1, 0.15) is 19.8 Å². The molecule has 1 amide bonds. The van der Waals surface area contributed by atoms with Crippen LogP contribution in [-0.4, -0.2) is 59.0 Å². The van der Waals surface area contributed by atoms with Crippen molar-refractivity contribution in [2.45, 2.75) is 30.8 Å². The Morgan fingerprint density at radius 3 is 2.77 bits per heavy atom. The quantitative estimate of drug-likeness (QED) is 0.392. The fraction of sp³-hybridized carbons (Fsp3) is 0.381. The van der Waals surface area contributed by atoms with Gasteiger partial charge in [0.1, 0.15) is 5.03 Å². The van der Waals surface area contributed by atoms with Crippen LogP contribution in [0.15, 0.2) is 46.8 Å². The summed E-state index contributed by atoms with van der Waals surface area (Å²) >= 11 is 2.97. The second kappa shape index (κ2) is 9.03. The number of hydrogen-bond acceptors (Lipinski definition) is 7. The number of sulfone groups is 1. The number of para-hydroxylation sites is 1. The van der Waals surface area contributed by atoms with E-state index in [1.54, 1.807) is 16.2 Å². The zero-order valence-corrected chi connectivity index (χ0v) is 19.1. The lowest BCUT2D eigenvalue weighted by molar-refractivity contribution is -0.130. The zero-order chi connectivity index (χ0) is 21.1. The topological polar surface area (TPSA) is 80.2 Å². The van der Waals surface area contributed by atoms with Gasteiger partial charge in [0.2, 0.25) is 5.91 Å². The van der Waals surface area contributed by atoms with Crippen molar-refractivity contribution in [2.75, 3.05) is 23.8 Å². The number of thiophene rings is 1. The first kappa shape index (κ1) is 21.3. The minimum atomic E-state index is -3.04. The molecule has 1 aliphatic rings. The number of fused-ring (bicyclic) bond motifs is 1. The smallest absolute Gasteiger partial charge is 0.233 e. The van der Waals surface area contributed by atoms with Crippen LogP contribution in [0.2, 0.25) is 0 Å². The van der Waals surface area contributed by atoms with E-state index >= 15 is 0 Å². The lowest BCUT2D eigenvalue weighted by atomic mass is 10.2. The van der Waals surface area contributed by atoms with Gasteiger partial charge in [0.25, 0.3) is 0 Å². The molecule has 0 spiro atoms. The number of nitrogens with zero attached hydrogens (tertiary/aromatic N) is 3. The monoisotopic (exact) mass is 461 g/mol. The molecule has 6 nitrogen and oxygen atoms in total. The standard InChI is InChI=1S/C21H23N3O3S3/c1-2-10-24(15-9-12-30(26,27)14-15)19(25)13-29-21-16-6-3-4-7-17(16)22-20(23-21)18-8-5-11-28-18/h3-8,11,15H,2,9-10,12-14H2,1H3/t15-/m0/s1. The number of carbonyl (C=O) groups is 1. The second-order valence-corrected chi connectivity index (χ2v) is 11.4. The van der Waals surface area contributed by atoms with Crippen LogP contribution in [-0.2, 0) is 14.6 Å². The summed E-state index contributed by atoms with van der Waals surface area (Å²) < 4.78 is 23.8. The summed E-state index contributed by atoms with van der Waals surface area (Å²) in [6, 6.07) is 11.5. The first-order valence-electron chi connectivity index (χ1n) is 9.90. The molecule has 0 radical (unpaired) electrons. The van der Waals surface area contributed by atoms with E-state index in [1.165, 1.54) is 11.8 Å². The van der Waals surface area contributed by atoms with Crippen molar-refractivity contribution in [3.8, 4) is 10.7 Å². The van der Waals surface area contributed by atoms with Gasteiger partial charge in [-0.1, -0.05) is 43.0 Å². The number of rotatable bonds is 7. The van der Waals surface area contributed by atoms with E-state index in [9.17, 15) is 13.2 Å². The molecule has 3 heterocycles. The minimum Gasteiger partial charge on any atom is -0.338 e. The largest absolute Gasteiger partial charge is 0.338 e. The number of benzene rings is 1. The summed E-state index contributed by atoms with van der Waals surface area (Å²) in [4.78, 5) is 25.2. The summed E-state index contributed by atoms with van der Waals surface area (Å²) in [5.41, 5.74) is 0.846.